The molecule has 13 heavy (non-hydrogen) atoms. The minimum absolute atomic E-state index is 0.259. The number of methoxy groups -OCH3 is 1. The lowest BCUT2D eigenvalue weighted by atomic mass is 10.4. The minimum Gasteiger partial charge on any atom is -0.480 e. The van der Waals surface area contributed by atoms with Gasteiger partial charge in [0.25, 0.3) is 0 Å². The first-order chi connectivity index (χ1) is 6.07. The summed E-state index contributed by atoms with van der Waals surface area (Å²) in [6.07, 6.45) is -0.559. The van der Waals surface area contributed by atoms with Crippen LogP contribution in [-0.2, 0) is 9.53 Å². The molecule has 0 rings (SSSR count). The third-order valence-electron chi connectivity index (χ3n) is 1.28. The maximum Gasteiger partial charge on any atom is 0.321 e. The van der Waals surface area contributed by atoms with Crippen molar-refractivity contribution in [1.82, 2.24) is 0 Å². The molecule has 2 atom stereocenters. The molecule has 0 aromatic rings. The quantitative estimate of drug-likeness (QED) is 0.505. The number of ether oxygens (including phenoxy) is 1. The Kier molecular flexibility index (Phi) is 6.97. The van der Waals surface area contributed by atoms with E-state index in [0.29, 0.717) is 11.5 Å². The highest BCUT2D eigenvalue weighted by Crippen LogP contribution is 2.04. The third kappa shape index (κ3) is 6.83. The van der Waals surface area contributed by atoms with Crippen molar-refractivity contribution in [3.63, 3.8) is 0 Å². The van der Waals surface area contributed by atoms with Gasteiger partial charge in [-0.2, -0.15) is 11.8 Å². The molecule has 0 heterocycles. The zero-order chi connectivity index (χ0) is 10.3. The zero-order valence-corrected chi connectivity index (χ0v) is 8.29. The van der Waals surface area contributed by atoms with Crippen molar-refractivity contribution in [3.8, 4) is 0 Å². The fourth-order valence-corrected chi connectivity index (χ4v) is 1.54. The Bertz CT molecular complexity index is 155. The smallest absolute Gasteiger partial charge is 0.321 e. The van der Waals surface area contributed by atoms with Crippen molar-refractivity contribution in [1.29, 1.82) is 0 Å². The molecule has 5 nitrogen and oxygen atoms in total. The molecule has 4 N–H and O–H groups in total. The second-order valence-corrected chi connectivity index (χ2v) is 3.67. The Labute approximate surface area is 81.3 Å². The molecule has 0 radical (unpaired) electrons. The molecule has 0 unspecified atom stereocenters. The van der Waals surface area contributed by atoms with Crippen LogP contribution in [0, 0.1) is 0 Å². The van der Waals surface area contributed by atoms with Gasteiger partial charge in [0.2, 0.25) is 0 Å². The molecule has 6 heteroatoms. The van der Waals surface area contributed by atoms with Gasteiger partial charge in [-0.25, -0.2) is 0 Å². The van der Waals surface area contributed by atoms with Gasteiger partial charge in [0.05, 0.1) is 12.7 Å². The minimum atomic E-state index is -1.02. The van der Waals surface area contributed by atoms with E-state index in [1.54, 1.807) is 0 Å². The van der Waals surface area contributed by atoms with Gasteiger partial charge in [-0.3, -0.25) is 4.79 Å². The number of hydrogen-bond acceptors (Lipinski definition) is 5. The zero-order valence-electron chi connectivity index (χ0n) is 7.47. The molecule has 0 saturated carbocycles. The molecule has 0 aromatic heterocycles. The normalized spacial score (nSPS) is 15.3. The number of aliphatic hydroxyl groups is 1. The first-order valence-corrected chi connectivity index (χ1v) is 4.96. The van der Waals surface area contributed by atoms with E-state index >= 15 is 0 Å². The van der Waals surface area contributed by atoms with Gasteiger partial charge in [-0.05, 0) is 0 Å². The monoisotopic (exact) mass is 209 g/mol. The Morgan fingerprint density at radius 3 is 2.69 bits per heavy atom. The van der Waals surface area contributed by atoms with Gasteiger partial charge < -0.3 is 20.7 Å². The molecular formula is C7H15NO4S. The highest BCUT2D eigenvalue weighted by atomic mass is 32.2. The number of aliphatic carboxylic acids is 1. The summed E-state index contributed by atoms with van der Waals surface area (Å²) in [5, 5.41) is 17.6. The van der Waals surface area contributed by atoms with Crippen LogP contribution < -0.4 is 5.73 Å². The van der Waals surface area contributed by atoms with Crippen molar-refractivity contribution in [2.24, 2.45) is 5.73 Å². The lowest BCUT2D eigenvalue weighted by Crippen LogP contribution is -2.33. The summed E-state index contributed by atoms with van der Waals surface area (Å²) in [5.41, 5.74) is 5.24. The van der Waals surface area contributed by atoms with Gasteiger partial charge in [0.1, 0.15) is 6.04 Å². The van der Waals surface area contributed by atoms with E-state index in [4.69, 9.17) is 20.7 Å². The highest BCUT2D eigenvalue weighted by Gasteiger charge is 2.12. The van der Waals surface area contributed by atoms with Crippen molar-refractivity contribution in [3.05, 3.63) is 0 Å². The summed E-state index contributed by atoms with van der Waals surface area (Å²) in [6.45, 7) is 0.259. The van der Waals surface area contributed by atoms with Crippen LogP contribution in [0.15, 0.2) is 0 Å². The van der Waals surface area contributed by atoms with Crippen LogP contribution in [0.4, 0.5) is 0 Å². The topological polar surface area (TPSA) is 92.8 Å². The van der Waals surface area contributed by atoms with Crippen LogP contribution in [0.5, 0.6) is 0 Å². The van der Waals surface area contributed by atoms with Crippen LogP contribution in [0.1, 0.15) is 0 Å². The van der Waals surface area contributed by atoms with Gasteiger partial charge in [-0.15, -0.1) is 0 Å². The predicted octanol–water partition coefficient (Wildman–Crippen LogP) is -0.861. The van der Waals surface area contributed by atoms with E-state index in [0.717, 1.165) is 0 Å². The largest absolute Gasteiger partial charge is 0.480 e. The Hall–Kier alpha value is -0.300. The average Bonchev–Trinajstić information content (AvgIpc) is 2.04. The number of nitrogens with two attached hydrogens (primary N) is 1. The van der Waals surface area contributed by atoms with Crippen LogP contribution >= 0.6 is 11.8 Å². The number of rotatable bonds is 7. The molecule has 0 bridgehead atoms. The molecule has 0 aromatic carbocycles. The number of carboxylic acids is 1. The van der Waals surface area contributed by atoms with Crippen molar-refractivity contribution < 1.29 is 19.7 Å². The molecule has 78 valence electrons. The molecule has 0 aliphatic carbocycles. The number of aliphatic hydroxyl groups excluding tert-OH is 1. The van der Waals surface area contributed by atoms with Crippen LogP contribution in [0.2, 0.25) is 0 Å². The van der Waals surface area contributed by atoms with E-state index in [-0.39, 0.29) is 6.61 Å². The first-order valence-electron chi connectivity index (χ1n) is 3.81. The molecule has 0 spiro atoms. The van der Waals surface area contributed by atoms with Crippen LogP contribution in [0.3, 0.4) is 0 Å². The van der Waals surface area contributed by atoms with E-state index in [1.165, 1.54) is 18.9 Å². The number of carboxylic acid groups (broad SMARTS) is 1. The average molecular weight is 209 g/mol. The maximum atomic E-state index is 10.3. The second kappa shape index (κ2) is 7.14. The maximum absolute atomic E-state index is 10.3. The fraction of sp³-hybridized carbons (Fsp3) is 0.857. The molecule has 0 aliphatic rings. The number of hydrogen-bond donors (Lipinski definition) is 3. The summed E-state index contributed by atoms with van der Waals surface area (Å²) < 4.78 is 4.70. The van der Waals surface area contributed by atoms with Crippen molar-refractivity contribution in [2.75, 3.05) is 25.2 Å². The molecular weight excluding hydrogens is 194 g/mol. The fourth-order valence-electron chi connectivity index (χ4n) is 0.643. The molecule has 0 saturated heterocycles. The van der Waals surface area contributed by atoms with Gasteiger partial charge in [0, 0.05) is 18.6 Å². The highest BCUT2D eigenvalue weighted by molar-refractivity contribution is 7.99. The van der Waals surface area contributed by atoms with E-state index in [1.807, 2.05) is 0 Å². The third-order valence-corrected chi connectivity index (χ3v) is 2.50. The van der Waals surface area contributed by atoms with Crippen LogP contribution in [0.25, 0.3) is 0 Å². The van der Waals surface area contributed by atoms with E-state index in [2.05, 4.69) is 0 Å². The predicted molar refractivity (Wildman–Crippen MR) is 50.8 cm³/mol. The summed E-state index contributed by atoms with van der Waals surface area (Å²) in [5.74, 6) is -0.279. The first kappa shape index (κ1) is 12.7. The molecule has 0 fully saturated rings. The van der Waals surface area contributed by atoms with Gasteiger partial charge in [0.15, 0.2) is 0 Å². The number of thioether (sulfide) groups is 1. The second-order valence-electron chi connectivity index (χ2n) is 2.59. The molecule has 0 amide bonds. The van der Waals surface area contributed by atoms with Crippen molar-refractivity contribution in [2.45, 2.75) is 12.1 Å². The van der Waals surface area contributed by atoms with Crippen molar-refractivity contribution >= 4 is 17.7 Å². The van der Waals surface area contributed by atoms with E-state index in [9.17, 15) is 4.79 Å². The SMILES string of the molecule is COC[C@@H](O)CSC[C@H](N)C(=O)O. The summed E-state index contributed by atoms with van der Waals surface area (Å²) in [7, 11) is 1.50. The lowest BCUT2D eigenvalue weighted by Gasteiger charge is -2.10. The number of carbonyl (C=O) groups is 1. The molecule has 0 aliphatic heterocycles. The Morgan fingerprint density at radius 1 is 1.62 bits per heavy atom. The lowest BCUT2D eigenvalue weighted by molar-refractivity contribution is -0.137. The summed E-state index contributed by atoms with van der Waals surface area (Å²) in [6, 6.07) is -0.861. The van der Waals surface area contributed by atoms with Gasteiger partial charge in [-0.1, -0.05) is 0 Å². The summed E-state index contributed by atoms with van der Waals surface area (Å²) >= 11 is 1.30. The van der Waals surface area contributed by atoms with Gasteiger partial charge >= 0.3 is 5.97 Å². The Balaban J connectivity index is 3.39. The summed E-state index contributed by atoms with van der Waals surface area (Å²) in [4.78, 5) is 10.3. The van der Waals surface area contributed by atoms with E-state index < -0.39 is 18.1 Å². The Morgan fingerprint density at radius 2 is 2.23 bits per heavy atom. The standard InChI is InChI=1S/C7H15NO4S/c1-12-2-5(9)3-13-4-6(8)7(10)11/h5-6,9H,2-4,8H2,1H3,(H,10,11)/t5-,6+/m1/s1. The van der Waals surface area contributed by atoms with Crippen LogP contribution in [-0.4, -0.2) is 53.6 Å².